The van der Waals surface area contributed by atoms with Gasteiger partial charge in [0.1, 0.15) is 5.78 Å². The minimum Gasteiger partial charge on any atom is -0.299 e. The third-order valence-electron chi connectivity index (χ3n) is 4.79. The van der Waals surface area contributed by atoms with Gasteiger partial charge >= 0.3 is 0 Å². The van der Waals surface area contributed by atoms with E-state index in [1.165, 1.54) is 25.7 Å². The molecule has 102 valence electrons. The molecular weight excluding hydrogens is 279 g/mol. The number of halogens is 2. The lowest BCUT2D eigenvalue weighted by Crippen LogP contribution is -2.16. The van der Waals surface area contributed by atoms with Crippen LogP contribution in [-0.2, 0) is 11.2 Å². The highest BCUT2D eigenvalue weighted by atomic mass is 35.5. The van der Waals surface area contributed by atoms with Gasteiger partial charge in [-0.25, -0.2) is 0 Å². The highest BCUT2D eigenvalue weighted by molar-refractivity contribution is 6.42. The van der Waals surface area contributed by atoms with E-state index in [-0.39, 0.29) is 0 Å². The maximum absolute atomic E-state index is 12.2. The van der Waals surface area contributed by atoms with Crippen molar-refractivity contribution in [3.8, 4) is 0 Å². The summed E-state index contributed by atoms with van der Waals surface area (Å²) in [7, 11) is 0. The number of carbonyl (C=O) groups is 1. The van der Waals surface area contributed by atoms with E-state index in [1.54, 1.807) is 6.07 Å². The van der Waals surface area contributed by atoms with Crippen LogP contribution >= 0.6 is 23.2 Å². The number of rotatable bonds is 4. The van der Waals surface area contributed by atoms with Crippen molar-refractivity contribution >= 4 is 29.0 Å². The van der Waals surface area contributed by atoms with E-state index in [0.29, 0.717) is 28.2 Å². The van der Waals surface area contributed by atoms with Gasteiger partial charge in [-0.05, 0) is 48.6 Å². The van der Waals surface area contributed by atoms with Crippen LogP contribution in [-0.4, -0.2) is 5.78 Å². The normalized spacial score (nSPS) is 28.8. The summed E-state index contributed by atoms with van der Waals surface area (Å²) >= 11 is 12.1. The lowest BCUT2D eigenvalue weighted by Gasteiger charge is -2.20. The second kappa shape index (κ2) is 5.46. The van der Waals surface area contributed by atoms with Crippen molar-refractivity contribution < 1.29 is 4.79 Å². The quantitative estimate of drug-likeness (QED) is 0.770. The number of benzene rings is 1. The molecule has 1 aromatic rings. The molecule has 1 aromatic carbocycles. The summed E-state index contributed by atoms with van der Waals surface area (Å²) in [4.78, 5) is 12.2. The van der Waals surface area contributed by atoms with E-state index in [0.717, 1.165) is 23.8 Å². The van der Waals surface area contributed by atoms with E-state index in [2.05, 4.69) is 0 Å². The molecule has 19 heavy (non-hydrogen) atoms. The van der Waals surface area contributed by atoms with Gasteiger partial charge < -0.3 is 0 Å². The zero-order valence-corrected chi connectivity index (χ0v) is 12.4. The van der Waals surface area contributed by atoms with Crippen LogP contribution in [0, 0.1) is 17.8 Å². The second-order valence-corrected chi connectivity index (χ2v) is 6.85. The van der Waals surface area contributed by atoms with E-state index in [1.807, 2.05) is 12.1 Å². The Bertz CT molecular complexity index is 498. The molecular formula is C16H18Cl2O. The SMILES string of the molecule is O=C(Cc1cccc(Cl)c1Cl)CC1CC2CCC1C2. The Balaban J connectivity index is 1.61. The molecule has 0 spiro atoms. The molecule has 3 atom stereocenters. The van der Waals surface area contributed by atoms with Crippen LogP contribution < -0.4 is 0 Å². The van der Waals surface area contributed by atoms with E-state index >= 15 is 0 Å². The van der Waals surface area contributed by atoms with Gasteiger partial charge in [-0.1, -0.05) is 41.8 Å². The predicted octanol–water partition coefficient (Wildman–Crippen LogP) is 4.93. The lowest BCUT2D eigenvalue weighted by molar-refractivity contribution is -0.119. The third-order valence-corrected chi connectivity index (χ3v) is 5.65. The van der Waals surface area contributed by atoms with Crippen molar-refractivity contribution in [3.63, 3.8) is 0 Å². The fourth-order valence-electron chi connectivity index (χ4n) is 3.89. The average molecular weight is 297 g/mol. The van der Waals surface area contributed by atoms with Gasteiger partial charge in [-0.2, -0.15) is 0 Å². The van der Waals surface area contributed by atoms with E-state index in [9.17, 15) is 4.79 Å². The molecule has 2 fully saturated rings. The van der Waals surface area contributed by atoms with Gasteiger partial charge in [0, 0.05) is 12.8 Å². The van der Waals surface area contributed by atoms with Crippen molar-refractivity contribution in [2.75, 3.05) is 0 Å². The number of carbonyl (C=O) groups excluding carboxylic acids is 1. The zero-order valence-electron chi connectivity index (χ0n) is 10.9. The summed E-state index contributed by atoms with van der Waals surface area (Å²) < 4.78 is 0. The van der Waals surface area contributed by atoms with Crippen LogP contribution in [0.2, 0.25) is 10.0 Å². The molecule has 0 radical (unpaired) electrons. The van der Waals surface area contributed by atoms with Crippen molar-refractivity contribution in [3.05, 3.63) is 33.8 Å². The van der Waals surface area contributed by atoms with Gasteiger partial charge in [0.05, 0.1) is 10.0 Å². The van der Waals surface area contributed by atoms with Crippen molar-refractivity contribution in [1.82, 2.24) is 0 Å². The first-order chi connectivity index (χ1) is 9.13. The van der Waals surface area contributed by atoms with Gasteiger partial charge in [-0.3, -0.25) is 4.79 Å². The molecule has 2 saturated carbocycles. The van der Waals surface area contributed by atoms with Gasteiger partial charge in [-0.15, -0.1) is 0 Å². The number of hydrogen-bond donors (Lipinski definition) is 0. The summed E-state index contributed by atoms with van der Waals surface area (Å²) in [5.41, 5.74) is 0.863. The maximum atomic E-state index is 12.2. The average Bonchev–Trinajstić information content (AvgIpc) is 2.97. The first-order valence-corrected chi connectivity index (χ1v) is 7.83. The molecule has 3 heteroatoms. The molecule has 1 nitrogen and oxygen atoms in total. The molecule has 0 heterocycles. The van der Waals surface area contributed by atoms with E-state index in [4.69, 9.17) is 23.2 Å². The Morgan fingerprint density at radius 2 is 2.05 bits per heavy atom. The summed E-state index contributed by atoms with van der Waals surface area (Å²) in [6.45, 7) is 0. The highest BCUT2D eigenvalue weighted by Crippen LogP contribution is 2.49. The molecule has 0 aromatic heterocycles. The van der Waals surface area contributed by atoms with Crippen LogP contribution in [0.3, 0.4) is 0 Å². The fraction of sp³-hybridized carbons (Fsp3) is 0.562. The van der Waals surface area contributed by atoms with Gasteiger partial charge in [0.25, 0.3) is 0 Å². The van der Waals surface area contributed by atoms with Crippen LogP contribution in [0.5, 0.6) is 0 Å². The van der Waals surface area contributed by atoms with E-state index < -0.39 is 0 Å². The maximum Gasteiger partial charge on any atom is 0.137 e. The summed E-state index contributed by atoms with van der Waals surface area (Å²) in [5, 5.41) is 1.07. The van der Waals surface area contributed by atoms with Crippen molar-refractivity contribution in [1.29, 1.82) is 0 Å². The number of hydrogen-bond acceptors (Lipinski definition) is 1. The standard InChI is InChI=1S/C16H18Cl2O/c17-15-3-1-2-12(16(15)18)8-14(19)9-13-7-10-4-5-11(13)6-10/h1-3,10-11,13H,4-9H2. The predicted molar refractivity (Wildman–Crippen MR) is 78.7 cm³/mol. The minimum absolute atomic E-state index is 0.307. The Kier molecular flexibility index (Phi) is 3.86. The summed E-state index contributed by atoms with van der Waals surface area (Å²) in [6.07, 6.45) is 6.49. The van der Waals surface area contributed by atoms with Crippen LogP contribution in [0.4, 0.5) is 0 Å². The van der Waals surface area contributed by atoms with Crippen LogP contribution in [0.1, 0.15) is 37.7 Å². The Labute approximate surface area is 124 Å². The molecule has 2 bridgehead atoms. The molecule has 0 aliphatic heterocycles. The first kappa shape index (κ1) is 13.5. The smallest absolute Gasteiger partial charge is 0.137 e. The number of ketones is 1. The minimum atomic E-state index is 0.307. The molecule has 3 rings (SSSR count). The Morgan fingerprint density at radius 3 is 2.74 bits per heavy atom. The molecule has 0 N–H and O–H groups in total. The molecule has 2 aliphatic rings. The van der Waals surface area contributed by atoms with Gasteiger partial charge in [0.2, 0.25) is 0 Å². The fourth-order valence-corrected chi connectivity index (χ4v) is 4.28. The summed E-state index contributed by atoms with van der Waals surface area (Å²) in [5.74, 6) is 2.65. The third kappa shape index (κ3) is 2.83. The number of fused-ring (bicyclic) bond motifs is 2. The van der Waals surface area contributed by atoms with Crippen molar-refractivity contribution in [2.45, 2.75) is 38.5 Å². The number of Topliss-reactive ketones (excluding diaryl/α,β-unsaturated/α-hetero) is 1. The lowest BCUT2D eigenvalue weighted by atomic mass is 9.84. The second-order valence-electron chi connectivity index (χ2n) is 6.07. The van der Waals surface area contributed by atoms with Gasteiger partial charge in [0.15, 0.2) is 0 Å². The first-order valence-electron chi connectivity index (χ1n) is 7.08. The Hall–Kier alpha value is -0.530. The topological polar surface area (TPSA) is 17.1 Å². The molecule has 0 amide bonds. The molecule has 3 unspecified atom stereocenters. The Morgan fingerprint density at radius 1 is 1.21 bits per heavy atom. The molecule has 0 saturated heterocycles. The van der Waals surface area contributed by atoms with Crippen LogP contribution in [0.15, 0.2) is 18.2 Å². The van der Waals surface area contributed by atoms with Crippen molar-refractivity contribution in [2.24, 2.45) is 17.8 Å². The summed E-state index contributed by atoms with van der Waals surface area (Å²) in [6, 6.07) is 5.51. The van der Waals surface area contributed by atoms with Crippen LogP contribution in [0.25, 0.3) is 0 Å². The zero-order chi connectivity index (χ0) is 13.4. The monoisotopic (exact) mass is 296 g/mol. The highest BCUT2D eigenvalue weighted by Gasteiger charge is 2.39. The largest absolute Gasteiger partial charge is 0.299 e. The molecule has 2 aliphatic carbocycles.